The number of likely N-dealkylation sites (N-methyl/N-ethyl adjacent to an activating group) is 1. The quantitative estimate of drug-likeness (QED) is 0.502. The highest BCUT2D eigenvalue weighted by atomic mass is 16.6. The highest BCUT2D eigenvalue weighted by Gasteiger charge is 2.18. The van der Waals surface area contributed by atoms with Gasteiger partial charge in [0.25, 0.3) is 11.6 Å². The molecule has 1 heterocycles. The molecule has 0 saturated carbocycles. The average Bonchev–Trinajstić information content (AvgIpc) is 2.78. The lowest BCUT2D eigenvalue weighted by Crippen LogP contribution is -2.38. The number of benzene rings is 2. The number of carbonyl (C=O) groups excluding carboxylic acids is 1. The second kappa shape index (κ2) is 10.7. The minimum atomic E-state index is -0.492. The van der Waals surface area contributed by atoms with E-state index in [0.29, 0.717) is 24.8 Å². The maximum atomic E-state index is 12.3. The normalized spacial score (nSPS) is 14.5. The van der Waals surface area contributed by atoms with E-state index in [9.17, 15) is 14.9 Å². The first-order chi connectivity index (χ1) is 14.5. The fourth-order valence-corrected chi connectivity index (χ4v) is 3.38. The highest BCUT2D eigenvalue weighted by molar-refractivity contribution is 5.94. The summed E-state index contributed by atoms with van der Waals surface area (Å²) < 4.78 is 11.3. The van der Waals surface area contributed by atoms with Crippen LogP contribution in [0.25, 0.3) is 0 Å². The molecule has 2 aromatic carbocycles. The number of non-ortho nitro benzene ring substituents is 1. The minimum Gasteiger partial charge on any atom is -0.492 e. The predicted octanol–water partition coefficient (Wildman–Crippen LogP) is 3.01. The Morgan fingerprint density at radius 3 is 2.67 bits per heavy atom. The zero-order valence-corrected chi connectivity index (χ0v) is 17.1. The van der Waals surface area contributed by atoms with Gasteiger partial charge in [0.15, 0.2) is 0 Å². The zero-order chi connectivity index (χ0) is 21.3. The van der Waals surface area contributed by atoms with E-state index in [1.807, 2.05) is 24.3 Å². The van der Waals surface area contributed by atoms with Crippen LogP contribution in [-0.2, 0) is 11.3 Å². The highest BCUT2D eigenvalue weighted by Crippen LogP contribution is 2.16. The molecular formula is C22H27N3O5. The molecule has 0 aliphatic carbocycles. The number of hydrogen-bond donors (Lipinski definition) is 1. The van der Waals surface area contributed by atoms with Gasteiger partial charge in [-0.3, -0.25) is 19.8 Å². The fraction of sp³-hybridized carbons (Fsp3) is 0.409. The number of amides is 1. The Balaban J connectivity index is 1.45. The van der Waals surface area contributed by atoms with Crippen LogP contribution in [0.2, 0.25) is 0 Å². The van der Waals surface area contributed by atoms with E-state index < -0.39 is 4.92 Å². The molecule has 0 atom stereocenters. The summed E-state index contributed by atoms with van der Waals surface area (Å²) in [4.78, 5) is 24.8. The number of ether oxygens (including phenoxy) is 2. The monoisotopic (exact) mass is 413 g/mol. The lowest BCUT2D eigenvalue weighted by Gasteiger charge is -2.31. The first-order valence-corrected chi connectivity index (χ1v) is 10.1. The van der Waals surface area contributed by atoms with Crippen molar-refractivity contribution in [2.75, 3.05) is 33.4 Å². The predicted molar refractivity (Wildman–Crippen MR) is 113 cm³/mol. The van der Waals surface area contributed by atoms with Crippen molar-refractivity contribution < 1.29 is 19.2 Å². The van der Waals surface area contributed by atoms with E-state index in [4.69, 9.17) is 9.47 Å². The Hall–Kier alpha value is -2.97. The van der Waals surface area contributed by atoms with Gasteiger partial charge in [-0.1, -0.05) is 12.1 Å². The summed E-state index contributed by atoms with van der Waals surface area (Å²) in [5, 5.41) is 13.5. The van der Waals surface area contributed by atoms with E-state index in [1.54, 1.807) is 0 Å². The third kappa shape index (κ3) is 6.27. The standard InChI is InChI=1S/C22H27N3O5/c1-24(19-9-12-29-13-10-19)11-14-30-21-4-2-3-17(15-21)16-23-22(26)18-5-7-20(8-6-18)25(27)28/h2-8,15,19H,9-14,16H2,1H3,(H,23,26). The Kier molecular flexibility index (Phi) is 7.75. The van der Waals surface area contributed by atoms with Crippen LogP contribution in [-0.4, -0.2) is 55.2 Å². The molecule has 2 aromatic rings. The van der Waals surface area contributed by atoms with Crippen molar-refractivity contribution in [1.29, 1.82) is 0 Å². The van der Waals surface area contributed by atoms with Gasteiger partial charge >= 0.3 is 0 Å². The molecule has 160 valence electrons. The van der Waals surface area contributed by atoms with Gasteiger partial charge < -0.3 is 14.8 Å². The molecule has 30 heavy (non-hydrogen) atoms. The number of nitro groups is 1. The molecule has 1 N–H and O–H groups in total. The summed E-state index contributed by atoms with van der Waals surface area (Å²) in [5.41, 5.74) is 1.25. The second-order valence-electron chi connectivity index (χ2n) is 7.31. The second-order valence-corrected chi connectivity index (χ2v) is 7.31. The van der Waals surface area contributed by atoms with Crippen LogP contribution in [0.4, 0.5) is 5.69 Å². The van der Waals surface area contributed by atoms with E-state index in [-0.39, 0.29) is 11.6 Å². The van der Waals surface area contributed by atoms with Crippen molar-refractivity contribution in [3.05, 3.63) is 69.8 Å². The first kappa shape index (κ1) is 21.7. The number of hydrogen-bond acceptors (Lipinski definition) is 6. The topological polar surface area (TPSA) is 93.9 Å². The van der Waals surface area contributed by atoms with E-state index in [0.717, 1.165) is 43.9 Å². The Morgan fingerprint density at radius 2 is 1.97 bits per heavy atom. The van der Waals surface area contributed by atoms with Gasteiger partial charge in [0, 0.05) is 50.0 Å². The van der Waals surface area contributed by atoms with Crippen molar-refractivity contribution in [2.45, 2.75) is 25.4 Å². The lowest BCUT2D eigenvalue weighted by molar-refractivity contribution is -0.384. The van der Waals surface area contributed by atoms with Crippen molar-refractivity contribution in [3.8, 4) is 5.75 Å². The van der Waals surface area contributed by atoms with Gasteiger partial charge in [-0.2, -0.15) is 0 Å². The SMILES string of the molecule is CN(CCOc1cccc(CNC(=O)c2ccc([N+](=O)[O-])cc2)c1)C1CCOCC1. The number of carbonyl (C=O) groups is 1. The summed E-state index contributed by atoms with van der Waals surface area (Å²) in [6.07, 6.45) is 2.11. The molecule has 1 amide bonds. The molecule has 0 aromatic heterocycles. The molecule has 0 radical (unpaired) electrons. The fourth-order valence-electron chi connectivity index (χ4n) is 3.38. The molecular weight excluding hydrogens is 386 g/mol. The zero-order valence-electron chi connectivity index (χ0n) is 17.1. The number of nitrogens with one attached hydrogen (secondary N) is 1. The summed E-state index contributed by atoms with van der Waals surface area (Å²) in [5.74, 6) is 0.478. The van der Waals surface area contributed by atoms with Crippen molar-refractivity contribution >= 4 is 11.6 Å². The van der Waals surface area contributed by atoms with Crippen LogP contribution in [0.3, 0.4) is 0 Å². The van der Waals surface area contributed by atoms with Crippen LogP contribution in [0.5, 0.6) is 5.75 Å². The van der Waals surface area contributed by atoms with Crippen LogP contribution < -0.4 is 10.1 Å². The van der Waals surface area contributed by atoms with Crippen molar-refractivity contribution in [2.24, 2.45) is 0 Å². The Bertz CT molecular complexity index is 850. The van der Waals surface area contributed by atoms with Gasteiger partial charge in [0.2, 0.25) is 0 Å². The summed E-state index contributed by atoms with van der Waals surface area (Å²) >= 11 is 0. The van der Waals surface area contributed by atoms with Crippen LogP contribution >= 0.6 is 0 Å². The maximum absolute atomic E-state index is 12.3. The molecule has 8 heteroatoms. The molecule has 0 unspecified atom stereocenters. The van der Waals surface area contributed by atoms with Gasteiger partial charge in [-0.05, 0) is 49.7 Å². The van der Waals surface area contributed by atoms with Gasteiger partial charge in [-0.15, -0.1) is 0 Å². The third-order valence-corrected chi connectivity index (χ3v) is 5.22. The molecule has 1 fully saturated rings. The third-order valence-electron chi connectivity index (χ3n) is 5.22. The molecule has 0 bridgehead atoms. The number of nitro benzene ring substituents is 1. The van der Waals surface area contributed by atoms with Crippen molar-refractivity contribution in [1.82, 2.24) is 10.2 Å². The molecule has 0 spiro atoms. The van der Waals surface area contributed by atoms with Gasteiger partial charge in [0.1, 0.15) is 12.4 Å². The van der Waals surface area contributed by atoms with Crippen LogP contribution in [0.15, 0.2) is 48.5 Å². The van der Waals surface area contributed by atoms with Gasteiger partial charge in [0.05, 0.1) is 4.92 Å². The average molecular weight is 413 g/mol. The largest absolute Gasteiger partial charge is 0.492 e. The summed E-state index contributed by atoms with van der Waals surface area (Å²) in [7, 11) is 2.11. The van der Waals surface area contributed by atoms with E-state index in [2.05, 4.69) is 17.3 Å². The molecule has 1 aliphatic heterocycles. The minimum absolute atomic E-state index is 0.0427. The molecule has 1 saturated heterocycles. The summed E-state index contributed by atoms with van der Waals surface area (Å²) in [6, 6.07) is 13.7. The van der Waals surface area contributed by atoms with E-state index >= 15 is 0 Å². The molecule has 1 aliphatic rings. The lowest BCUT2D eigenvalue weighted by atomic mass is 10.1. The molecule has 3 rings (SSSR count). The first-order valence-electron chi connectivity index (χ1n) is 10.1. The maximum Gasteiger partial charge on any atom is 0.269 e. The van der Waals surface area contributed by atoms with Crippen LogP contribution in [0, 0.1) is 10.1 Å². The Morgan fingerprint density at radius 1 is 1.23 bits per heavy atom. The van der Waals surface area contributed by atoms with E-state index in [1.165, 1.54) is 24.3 Å². The summed E-state index contributed by atoms with van der Waals surface area (Å²) in [6.45, 7) is 3.42. The van der Waals surface area contributed by atoms with Crippen molar-refractivity contribution in [3.63, 3.8) is 0 Å². The van der Waals surface area contributed by atoms with Crippen LogP contribution in [0.1, 0.15) is 28.8 Å². The number of rotatable bonds is 9. The number of nitrogens with zero attached hydrogens (tertiary/aromatic N) is 2. The Labute approximate surface area is 175 Å². The smallest absolute Gasteiger partial charge is 0.269 e. The van der Waals surface area contributed by atoms with Gasteiger partial charge in [-0.25, -0.2) is 0 Å². The molecule has 8 nitrogen and oxygen atoms in total.